The van der Waals surface area contributed by atoms with Crippen molar-refractivity contribution in [2.45, 2.75) is 45.8 Å². The zero-order valence-corrected chi connectivity index (χ0v) is 15.8. The fourth-order valence-corrected chi connectivity index (χ4v) is 4.64. The van der Waals surface area contributed by atoms with Gasteiger partial charge in [0.2, 0.25) is 0 Å². The molecule has 0 spiro atoms. The van der Waals surface area contributed by atoms with E-state index < -0.39 is 0 Å². The lowest BCUT2D eigenvalue weighted by atomic mass is 9.95. The zero-order chi connectivity index (χ0) is 17.0. The maximum absolute atomic E-state index is 10.4. The number of hydrogen-bond acceptors (Lipinski definition) is 2. The first-order valence-corrected chi connectivity index (χ1v) is 9.22. The Labute approximate surface area is 142 Å². The molecule has 0 aliphatic rings. The van der Waals surface area contributed by atoms with Gasteiger partial charge in [-0.25, -0.2) is 0 Å². The van der Waals surface area contributed by atoms with Crippen LogP contribution in [0, 0.1) is 13.8 Å². The van der Waals surface area contributed by atoms with E-state index in [4.69, 9.17) is 0 Å². The van der Waals surface area contributed by atoms with E-state index in [0.717, 1.165) is 18.5 Å². The zero-order valence-electron chi connectivity index (χ0n) is 14.8. The molecule has 0 saturated heterocycles. The van der Waals surface area contributed by atoms with E-state index in [-0.39, 0.29) is 5.16 Å². The van der Waals surface area contributed by atoms with Crippen LogP contribution >= 0.6 is 8.58 Å². The summed E-state index contributed by atoms with van der Waals surface area (Å²) in [6.07, 6.45) is 0.996. The topological polar surface area (TPSA) is 32.3 Å². The quantitative estimate of drug-likeness (QED) is 0.772. The van der Waals surface area contributed by atoms with E-state index in [9.17, 15) is 5.11 Å². The molecule has 0 amide bonds. The number of hydrogen-bond donors (Lipinski definition) is 2. The van der Waals surface area contributed by atoms with Gasteiger partial charge < -0.3 is 10.4 Å². The summed E-state index contributed by atoms with van der Waals surface area (Å²) in [6.45, 7) is 9.64. The van der Waals surface area contributed by atoms with Gasteiger partial charge in [0.05, 0.1) is 0 Å². The maximum atomic E-state index is 10.4. The van der Waals surface area contributed by atoms with Crippen LogP contribution in [0.3, 0.4) is 0 Å². The number of nitrogens with one attached hydrogen (secondary N) is 1. The first-order chi connectivity index (χ1) is 10.9. The molecular weight excluding hydrogens is 301 g/mol. The van der Waals surface area contributed by atoms with Crippen molar-refractivity contribution in [2.24, 2.45) is 0 Å². The molecule has 0 bridgehead atoms. The van der Waals surface area contributed by atoms with Crippen LogP contribution in [0.15, 0.2) is 36.4 Å². The first kappa shape index (κ1) is 18.0. The molecular formula is C20H28NOP. The van der Waals surface area contributed by atoms with Gasteiger partial charge in [-0.05, 0) is 49.8 Å². The molecule has 2 unspecified atom stereocenters. The fraction of sp³-hybridized carbons (Fsp3) is 0.400. The molecule has 23 heavy (non-hydrogen) atoms. The van der Waals surface area contributed by atoms with Crippen molar-refractivity contribution in [3.8, 4) is 5.75 Å². The summed E-state index contributed by atoms with van der Waals surface area (Å²) < 4.78 is 0. The van der Waals surface area contributed by atoms with Crippen LogP contribution in [0.2, 0.25) is 0 Å². The molecule has 0 saturated carbocycles. The van der Waals surface area contributed by atoms with E-state index in [1.165, 1.54) is 22.0 Å². The molecule has 2 aromatic carbocycles. The monoisotopic (exact) mass is 329 g/mol. The normalized spacial score (nSPS) is 14.3. The Morgan fingerprint density at radius 2 is 1.91 bits per heavy atom. The molecule has 2 nitrogen and oxygen atoms in total. The third-order valence-corrected chi connectivity index (χ3v) is 6.72. The van der Waals surface area contributed by atoms with Gasteiger partial charge in [-0.15, -0.1) is 0 Å². The van der Waals surface area contributed by atoms with Crippen molar-refractivity contribution in [2.75, 3.05) is 7.05 Å². The van der Waals surface area contributed by atoms with E-state index >= 15 is 0 Å². The van der Waals surface area contributed by atoms with Gasteiger partial charge >= 0.3 is 0 Å². The van der Waals surface area contributed by atoms with Crippen LogP contribution in [0.25, 0.3) is 0 Å². The minimum Gasteiger partial charge on any atom is -0.508 e. The van der Waals surface area contributed by atoms with Crippen molar-refractivity contribution in [1.82, 2.24) is 5.32 Å². The largest absolute Gasteiger partial charge is 0.508 e. The highest BCUT2D eigenvalue weighted by Gasteiger charge is 2.29. The Bertz CT molecular complexity index is 683. The Hall–Kier alpha value is -1.37. The number of phenols is 1. The van der Waals surface area contributed by atoms with E-state index in [1.807, 2.05) is 19.2 Å². The summed E-state index contributed by atoms with van der Waals surface area (Å²) in [5, 5.41) is 15.1. The predicted molar refractivity (Wildman–Crippen MR) is 102 cm³/mol. The second kappa shape index (κ2) is 7.47. The molecule has 2 aromatic rings. The highest BCUT2D eigenvalue weighted by molar-refractivity contribution is 7.48. The Morgan fingerprint density at radius 1 is 1.17 bits per heavy atom. The third kappa shape index (κ3) is 3.94. The van der Waals surface area contributed by atoms with Crippen LogP contribution in [-0.4, -0.2) is 12.2 Å². The molecule has 0 radical (unpaired) electrons. The summed E-state index contributed by atoms with van der Waals surface area (Å²) in [4.78, 5) is 0. The number of benzene rings is 2. The number of phenolic OH excluding ortho intramolecular Hbond substituents is 1. The lowest BCUT2D eigenvalue weighted by Gasteiger charge is -2.32. The Balaban J connectivity index is 2.49. The van der Waals surface area contributed by atoms with Gasteiger partial charge in [0.1, 0.15) is 5.75 Å². The minimum atomic E-state index is -0.0509. The predicted octanol–water partition coefficient (Wildman–Crippen LogP) is 4.36. The lowest BCUT2D eigenvalue weighted by molar-refractivity contribution is 0.456. The molecule has 0 heterocycles. The average Bonchev–Trinajstić information content (AvgIpc) is 2.53. The number of aryl methyl sites for hydroxylation is 2. The highest BCUT2D eigenvalue weighted by atomic mass is 31.1. The number of aromatic hydroxyl groups is 1. The lowest BCUT2D eigenvalue weighted by Crippen LogP contribution is -2.23. The summed E-state index contributed by atoms with van der Waals surface area (Å²) in [5.41, 5.74) is 4.96. The van der Waals surface area contributed by atoms with Crippen molar-refractivity contribution in [3.05, 3.63) is 58.7 Å². The minimum absolute atomic E-state index is 0.0509. The summed E-state index contributed by atoms with van der Waals surface area (Å²) >= 11 is 0. The van der Waals surface area contributed by atoms with Gasteiger partial charge in [0.25, 0.3) is 0 Å². The molecule has 124 valence electrons. The van der Waals surface area contributed by atoms with Gasteiger partial charge in [-0.1, -0.05) is 58.3 Å². The van der Waals surface area contributed by atoms with Gasteiger partial charge in [0.15, 0.2) is 0 Å². The summed E-state index contributed by atoms with van der Waals surface area (Å²) in [5.74, 6) is 0.413. The molecule has 0 aromatic heterocycles. The van der Waals surface area contributed by atoms with Crippen molar-refractivity contribution < 1.29 is 5.11 Å². The van der Waals surface area contributed by atoms with Gasteiger partial charge in [0, 0.05) is 17.3 Å². The van der Waals surface area contributed by atoms with Crippen molar-refractivity contribution in [3.63, 3.8) is 0 Å². The SMILES string of the molecule is CCC(C)(Pc1c(C)cccc1CNC)c1cc(C)ccc1O. The highest BCUT2D eigenvalue weighted by Crippen LogP contribution is 2.47. The molecule has 2 atom stereocenters. The van der Waals surface area contributed by atoms with Crippen LogP contribution in [0.1, 0.15) is 42.5 Å². The van der Waals surface area contributed by atoms with E-state index in [2.05, 4.69) is 57.3 Å². The molecule has 2 N–H and O–H groups in total. The van der Waals surface area contributed by atoms with Crippen molar-refractivity contribution >= 4 is 13.9 Å². The fourth-order valence-electron chi connectivity index (χ4n) is 2.96. The molecule has 2 rings (SSSR count). The van der Waals surface area contributed by atoms with Gasteiger partial charge in [-0.3, -0.25) is 0 Å². The molecule has 0 aliphatic heterocycles. The molecule has 3 heteroatoms. The summed E-state index contributed by atoms with van der Waals surface area (Å²) in [6, 6.07) is 12.5. The van der Waals surface area contributed by atoms with Crippen LogP contribution < -0.4 is 10.6 Å². The Kier molecular flexibility index (Phi) is 5.84. The average molecular weight is 329 g/mol. The van der Waals surface area contributed by atoms with Crippen LogP contribution in [-0.2, 0) is 11.7 Å². The standard InChI is InChI=1S/C20H28NOP/c1-6-20(4,17-12-14(2)10-11-18(17)22)23-19-15(3)8-7-9-16(19)13-21-5/h7-12,21-23H,6,13H2,1-5H3. The molecule has 0 fully saturated rings. The number of rotatable bonds is 6. The van der Waals surface area contributed by atoms with E-state index in [1.54, 1.807) is 0 Å². The summed E-state index contributed by atoms with van der Waals surface area (Å²) in [7, 11) is 2.61. The first-order valence-electron chi connectivity index (χ1n) is 8.22. The molecule has 0 aliphatic carbocycles. The third-order valence-electron chi connectivity index (χ3n) is 4.58. The smallest absolute Gasteiger partial charge is 0.119 e. The second-order valence-electron chi connectivity index (χ2n) is 6.47. The van der Waals surface area contributed by atoms with Crippen LogP contribution in [0.4, 0.5) is 0 Å². The van der Waals surface area contributed by atoms with Crippen LogP contribution in [0.5, 0.6) is 5.75 Å². The maximum Gasteiger partial charge on any atom is 0.119 e. The van der Waals surface area contributed by atoms with E-state index in [0.29, 0.717) is 14.3 Å². The van der Waals surface area contributed by atoms with Gasteiger partial charge in [-0.2, -0.15) is 0 Å². The Morgan fingerprint density at radius 3 is 2.57 bits per heavy atom. The second-order valence-corrected chi connectivity index (χ2v) is 8.32. The van der Waals surface area contributed by atoms with Crippen molar-refractivity contribution in [1.29, 1.82) is 0 Å².